The Bertz CT molecular complexity index is 695. The summed E-state index contributed by atoms with van der Waals surface area (Å²) in [6.07, 6.45) is 5.08. The summed E-state index contributed by atoms with van der Waals surface area (Å²) in [6.45, 7) is 0.821. The normalized spacial score (nSPS) is 27.3. The molecule has 238 valence electrons. The van der Waals surface area contributed by atoms with Crippen molar-refractivity contribution in [1.29, 1.82) is 0 Å². The highest BCUT2D eigenvalue weighted by Crippen LogP contribution is 2.47. The molecule has 0 aromatic carbocycles. The molecule has 1 aliphatic carbocycles. The van der Waals surface area contributed by atoms with Gasteiger partial charge in [-0.15, -0.1) is 0 Å². The van der Waals surface area contributed by atoms with Crippen molar-refractivity contribution < 1.29 is 58.7 Å². The number of hydrogen-bond acceptors (Lipinski definition) is 11. The first-order valence-corrected chi connectivity index (χ1v) is 16.4. The van der Waals surface area contributed by atoms with Crippen molar-refractivity contribution in [2.24, 2.45) is 0 Å². The molecule has 6 atom stereocenters. The third-order valence-corrected chi connectivity index (χ3v) is 8.22. The van der Waals surface area contributed by atoms with E-state index >= 15 is 0 Å². The molecule has 1 aliphatic rings. The van der Waals surface area contributed by atoms with Gasteiger partial charge in [-0.2, -0.15) is 0 Å². The van der Waals surface area contributed by atoms with Crippen LogP contribution < -0.4 is 0 Å². The predicted octanol–water partition coefficient (Wildman–Crippen LogP) is 2.47. The second kappa shape index (κ2) is 21.1. The molecule has 0 saturated heterocycles. The molecule has 0 bridgehead atoms. The van der Waals surface area contributed by atoms with Crippen LogP contribution in [0.15, 0.2) is 0 Å². The number of rotatable bonds is 23. The summed E-state index contributed by atoms with van der Waals surface area (Å²) in [6, 6.07) is 0. The van der Waals surface area contributed by atoms with E-state index in [9.17, 15) is 44.9 Å². The Morgan fingerprint density at radius 3 is 1.52 bits per heavy atom. The average molecular weight is 601 g/mol. The summed E-state index contributed by atoms with van der Waals surface area (Å²) in [5.41, 5.74) is 0. The SMILES string of the molecule is CCCCCCCCCCCCCCCCCC(=O)OC(CO)COP(=O)(O)OC1C(O)C(O)C(O)C(O)C1O. The van der Waals surface area contributed by atoms with Gasteiger partial charge in [0.1, 0.15) is 42.7 Å². The standard InChI is InChI=1S/C27H53O12P/c1-2-3-4-5-6-7-8-9-10-11-12-13-14-15-16-17-21(29)38-20(18-28)19-37-40(35,36)39-27-25(33)23(31)22(30)24(32)26(27)34/h20,22-28,30-34H,2-19H2,1H3,(H,35,36). The van der Waals surface area contributed by atoms with Gasteiger partial charge in [0.05, 0.1) is 13.2 Å². The number of hydrogen-bond donors (Lipinski definition) is 7. The summed E-state index contributed by atoms with van der Waals surface area (Å²) in [5, 5.41) is 58.3. The Balaban J connectivity index is 2.15. The summed E-state index contributed by atoms with van der Waals surface area (Å²) < 4.78 is 26.7. The van der Waals surface area contributed by atoms with E-state index in [2.05, 4.69) is 11.4 Å². The molecule has 7 N–H and O–H groups in total. The zero-order valence-electron chi connectivity index (χ0n) is 23.9. The second-order valence-corrected chi connectivity index (χ2v) is 12.2. The first kappa shape index (κ1) is 37.4. The molecule has 0 aliphatic heterocycles. The van der Waals surface area contributed by atoms with Crippen molar-refractivity contribution in [3.05, 3.63) is 0 Å². The Morgan fingerprint density at radius 1 is 0.700 bits per heavy atom. The molecular weight excluding hydrogens is 547 g/mol. The summed E-state index contributed by atoms with van der Waals surface area (Å²) in [4.78, 5) is 22.0. The van der Waals surface area contributed by atoms with E-state index in [1.807, 2.05) is 0 Å². The average Bonchev–Trinajstić information content (AvgIpc) is 2.93. The van der Waals surface area contributed by atoms with Gasteiger partial charge < -0.3 is 40.3 Å². The number of aliphatic hydroxyl groups is 6. The van der Waals surface area contributed by atoms with E-state index in [0.29, 0.717) is 6.42 Å². The van der Waals surface area contributed by atoms with Crippen LogP contribution in [0.5, 0.6) is 0 Å². The molecule has 0 spiro atoms. The van der Waals surface area contributed by atoms with Crippen LogP contribution in [0.25, 0.3) is 0 Å². The molecule has 12 nitrogen and oxygen atoms in total. The minimum atomic E-state index is -5.00. The zero-order chi connectivity index (χ0) is 30.0. The number of carbonyl (C=O) groups excluding carboxylic acids is 1. The molecule has 1 rings (SSSR count). The number of esters is 1. The van der Waals surface area contributed by atoms with Crippen molar-refractivity contribution in [2.75, 3.05) is 13.2 Å². The third kappa shape index (κ3) is 15.0. The molecule has 1 fully saturated rings. The van der Waals surface area contributed by atoms with E-state index < -0.39 is 69.7 Å². The van der Waals surface area contributed by atoms with Crippen molar-refractivity contribution in [2.45, 2.75) is 152 Å². The number of phosphoric acid groups is 1. The molecule has 0 aromatic rings. The second-order valence-electron chi connectivity index (χ2n) is 10.8. The van der Waals surface area contributed by atoms with Gasteiger partial charge in [0.2, 0.25) is 0 Å². The van der Waals surface area contributed by atoms with Gasteiger partial charge in [0.15, 0.2) is 0 Å². The van der Waals surface area contributed by atoms with Crippen LogP contribution in [-0.4, -0.2) is 97.4 Å². The van der Waals surface area contributed by atoms with Crippen molar-refractivity contribution in [1.82, 2.24) is 0 Å². The number of carbonyl (C=O) groups is 1. The molecule has 0 amide bonds. The Kier molecular flexibility index (Phi) is 19.7. The fourth-order valence-corrected chi connectivity index (χ4v) is 5.67. The molecule has 1 saturated carbocycles. The maximum absolute atomic E-state index is 12.2. The van der Waals surface area contributed by atoms with Gasteiger partial charge in [0, 0.05) is 6.42 Å². The smallest absolute Gasteiger partial charge is 0.457 e. The topological polar surface area (TPSA) is 203 Å². The van der Waals surface area contributed by atoms with Gasteiger partial charge in [-0.3, -0.25) is 13.8 Å². The fourth-order valence-electron chi connectivity index (χ4n) is 4.69. The minimum Gasteiger partial charge on any atom is -0.457 e. The largest absolute Gasteiger partial charge is 0.472 e. The maximum Gasteiger partial charge on any atom is 0.472 e. The van der Waals surface area contributed by atoms with Gasteiger partial charge in [-0.25, -0.2) is 4.57 Å². The van der Waals surface area contributed by atoms with Crippen LogP contribution in [0.2, 0.25) is 0 Å². The van der Waals surface area contributed by atoms with E-state index in [1.165, 1.54) is 70.6 Å². The lowest BCUT2D eigenvalue weighted by Crippen LogP contribution is -2.64. The van der Waals surface area contributed by atoms with Crippen LogP contribution >= 0.6 is 7.82 Å². The molecule has 0 radical (unpaired) electrons. The Morgan fingerprint density at radius 2 is 1.10 bits per heavy atom. The number of ether oxygens (including phenoxy) is 1. The van der Waals surface area contributed by atoms with Crippen LogP contribution in [-0.2, 0) is 23.1 Å². The zero-order valence-corrected chi connectivity index (χ0v) is 24.8. The van der Waals surface area contributed by atoms with Gasteiger partial charge in [-0.1, -0.05) is 96.8 Å². The van der Waals surface area contributed by atoms with Gasteiger partial charge in [0.25, 0.3) is 0 Å². The summed E-state index contributed by atoms with van der Waals surface area (Å²) in [7, 11) is -5.00. The van der Waals surface area contributed by atoms with Gasteiger partial charge >= 0.3 is 13.8 Å². The fraction of sp³-hybridized carbons (Fsp3) is 0.963. The van der Waals surface area contributed by atoms with Crippen molar-refractivity contribution in [3.63, 3.8) is 0 Å². The third-order valence-electron chi connectivity index (χ3n) is 7.24. The van der Waals surface area contributed by atoms with E-state index in [0.717, 1.165) is 19.3 Å². The van der Waals surface area contributed by atoms with Crippen molar-refractivity contribution >= 4 is 13.8 Å². The van der Waals surface area contributed by atoms with Crippen LogP contribution in [0.1, 0.15) is 110 Å². The van der Waals surface area contributed by atoms with Crippen LogP contribution in [0.3, 0.4) is 0 Å². The summed E-state index contributed by atoms with van der Waals surface area (Å²) >= 11 is 0. The maximum atomic E-state index is 12.2. The van der Waals surface area contributed by atoms with Gasteiger partial charge in [-0.05, 0) is 6.42 Å². The Labute approximate surface area is 238 Å². The highest BCUT2D eigenvalue weighted by atomic mass is 31.2. The minimum absolute atomic E-state index is 0.126. The lowest BCUT2D eigenvalue weighted by atomic mass is 9.85. The monoisotopic (exact) mass is 600 g/mol. The van der Waals surface area contributed by atoms with Crippen molar-refractivity contribution in [3.8, 4) is 0 Å². The molecule has 0 heterocycles. The number of phosphoric ester groups is 1. The molecule has 6 unspecified atom stereocenters. The lowest BCUT2D eigenvalue weighted by molar-refractivity contribution is -0.220. The summed E-state index contributed by atoms with van der Waals surface area (Å²) in [5.74, 6) is -0.593. The van der Waals surface area contributed by atoms with E-state index in [1.54, 1.807) is 0 Å². The molecule has 40 heavy (non-hydrogen) atoms. The lowest BCUT2D eigenvalue weighted by Gasteiger charge is -2.41. The highest BCUT2D eigenvalue weighted by molar-refractivity contribution is 7.47. The quantitative estimate of drug-likeness (QED) is 0.0513. The predicted molar refractivity (Wildman–Crippen MR) is 147 cm³/mol. The van der Waals surface area contributed by atoms with E-state index in [4.69, 9.17) is 9.26 Å². The van der Waals surface area contributed by atoms with Crippen LogP contribution in [0, 0.1) is 0 Å². The van der Waals surface area contributed by atoms with E-state index in [-0.39, 0.29) is 6.42 Å². The molecule has 0 aromatic heterocycles. The first-order chi connectivity index (χ1) is 19.0. The Hall–Kier alpha value is -0.660. The number of unbranched alkanes of at least 4 members (excludes halogenated alkanes) is 14. The highest BCUT2D eigenvalue weighted by Gasteiger charge is 2.51. The van der Waals surface area contributed by atoms with Crippen LogP contribution in [0.4, 0.5) is 0 Å². The number of aliphatic hydroxyl groups excluding tert-OH is 6. The molecular formula is C27H53O12P. The first-order valence-electron chi connectivity index (χ1n) is 14.9. The molecule has 13 heteroatoms.